The van der Waals surface area contributed by atoms with Gasteiger partial charge < -0.3 is 19.7 Å². The normalized spacial score (nSPS) is 13.3. The molecule has 0 atom stereocenters. The van der Waals surface area contributed by atoms with Gasteiger partial charge in [0.25, 0.3) is 5.91 Å². The lowest BCUT2D eigenvalue weighted by Crippen LogP contribution is -2.28. The van der Waals surface area contributed by atoms with Gasteiger partial charge in [-0.15, -0.1) is 0 Å². The van der Waals surface area contributed by atoms with Crippen molar-refractivity contribution in [2.24, 2.45) is 0 Å². The fourth-order valence-corrected chi connectivity index (χ4v) is 2.51. The third kappa shape index (κ3) is 3.66. The van der Waals surface area contributed by atoms with Crippen molar-refractivity contribution in [3.8, 4) is 0 Å². The summed E-state index contributed by atoms with van der Waals surface area (Å²) >= 11 is 0. The highest BCUT2D eigenvalue weighted by Gasteiger charge is 2.28. The molecule has 7 heteroatoms. The van der Waals surface area contributed by atoms with Crippen LogP contribution in [0.25, 0.3) is 0 Å². The number of nitrogens with one attached hydrogen (secondary N) is 1. The number of carbonyl (C=O) groups is 3. The number of amides is 1. The van der Waals surface area contributed by atoms with Crippen LogP contribution in [-0.4, -0.2) is 39.1 Å². The van der Waals surface area contributed by atoms with E-state index in [4.69, 9.17) is 9.47 Å². The number of aryl methyl sites for hydroxylation is 1. The zero-order valence-electron chi connectivity index (χ0n) is 15.0. The Morgan fingerprint density at radius 3 is 2.35 bits per heavy atom. The van der Waals surface area contributed by atoms with E-state index in [0.717, 1.165) is 5.56 Å². The van der Waals surface area contributed by atoms with Crippen LogP contribution in [0.15, 0.2) is 53.9 Å². The largest absolute Gasteiger partial charge is 0.465 e. The Bertz CT molecular complexity index is 836. The summed E-state index contributed by atoms with van der Waals surface area (Å²) in [5, 5.41) is 2.56. The maximum absolute atomic E-state index is 12.4. The number of benzene rings is 1. The highest BCUT2D eigenvalue weighted by molar-refractivity contribution is 6.06. The van der Waals surface area contributed by atoms with Crippen molar-refractivity contribution >= 4 is 23.5 Å². The third-order valence-corrected chi connectivity index (χ3v) is 3.85. The third-order valence-electron chi connectivity index (χ3n) is 3.85. The van der Waals surface area contributed by atoms with E-state index in [1.165, 1.54) is 32.2 Å². The summed E-state index contributed by atoms with van der Waals surface area (Å²) in [5.74, 6) is -1.64. The van der Waals surface area contributed by atoms with E-state index in [0.29, 0.717) is 11.3 Å². The maximum Gasteiger partial charge on any atom is 0.355 e. The molecule has 2 rings (SSSR count). The molecule has 0 radical (unpaired) electrons. The van der Waals surface area contributed by atoms with Crippen LogP contribution in [0.1, 0.15) is 15.9 Å². The molecule has 0 spiro atoms. The molecule has 1 aromatic carbocycles. The molecule has 1 aromatic rings. The summed E-state index contributed by atoms with van der Waals surface area (Å²) in [6.07, 6.45) is 6.39. The summed E-state index contributed by atoms with van der Waals surface area (Å²) in [6.45, 7) is 1.84. The molecule has 136 valence electrons. The number of anilines is 1. The molecule has 1 aliphatic rings. The number of rotatable bonds is 4. The number of allylic oxidation sites excluding steroid dienone is 2. The molecule has 7 nitrogen and oxygen atoms in total. The van der Waals surface area contributed by atoms with Gasteiger partial charge in [-0.25, -0.2) is 9.59 Å². The summed E-state index contributed by atoms with van der Waals surface area (Å²) in [6, 6.07) is 5.08. The van der Waals surface area contributed by atoms with Crippen LogP contribution in [0.2, 0.25) is 0 Å². The second kappa shape index (κ2) is 8.15. The second-order valence-corrected chi connectivity index (χ2v) is 5.40. The molecule has 0 bridgehead atoms. The van der Waals surface area contributed by atoms with E-state index >= 15 is 0 Å². The molecule has 0 aromatic heterocycles. The fraction of sp³-hybridized carbons (Fsp3) is 0.211. The van der Waals surface area contributed by atoms with E-state index in [2.05, 4.69) is 5.32 Å². The minimum absolute atomic E-state index is 0.00140. The minimum Gasteiger partial charge on any atom is -0.465 e. The van der Waals surface area contributed by atoms with Crippen molar-refractivity contribution in [1.82, 2.24) is 5.32 Å². The van der Waals surface area contributed by atoms with Crippen molar-refractivity contribution in [3.63, 3.8) is 0 Å². The topological polar surface area (TPSA) is 84.9 Å². The van der Waals surface area contributed by atoms with Gasteiger partial charge in [-0.2, -0.15) is 0 Å². The van der Waals surface area contributed by atoms with E-state index in [9.17, 15) is 14.4 Å². The van der Waals surface area contributed by atoms with Crippen molar-refractivity contribution in [2.45, 2.75) is 6.92 Å². The Kier molecular flexibility index (Phi) is 5.95. The van der Waals surface area contributed by atoms with Gasteiger partial charge in [0.15, 0.2) is 0 Å². The van der Waals surface area contributed by atoms with Crippen LogP contribution in [0.3, 0.4) is 0 Å². The number of nitrogens with zero attached hydrogens (tertiary/aromatic N) is 1. The number of esters is 2. The van der Waals surface area contributed by atoms with Gasteiger partial charge in [0.2, 0.25) is 0 Å². The summed E-state index contributed by atoms with van der Waals surface area (Å²) in [7, 11) is 4.00. The average molecular weight is 356 g/mol. The number of carbonyl (C=O) groups excluding carboxylic acids is 3. The molecule has 0 saturated heterocycles. The molecule has 0 saturated carbocycles. The van der Waals surface area contributed by atoms with Crippen LogP contribution in [0, 0.1) is 6.92 Å². The maximum atomic E-state index is 12.4. The summed E-state index contributed by atoms with van der Waals surface area (Å²) < 4.78 is 9.66. The van der Waals surface area contributed by atoms with E-state index in [1.807, 2.05) is 6.92 Å². The van der Waals surface area contributed by atoms with Crippen LogP contribution in [0.5, 0.6) is 0 Å². The highest BCUT2D eigenvalue weighted by atomic mass is 16.5. The fourth-order valence-electron chi connectivity index (χ4n) is 2.51. The zero-order chi connectivity index (χ0) is 19.3. The number of methoxy groups -OCH3 is 2. The molecular formula is C19H20N2O5. The van der Waals surface area contributed by atoms with Gasteiger partial charge in [-0.1, -0.05) is 12.1 Å². The van der Waals surface area contributed by atoms with Crippen LogP contribution in [0.4, 0.5) is 5.69 Å². The van der Waals surface area contributed by atoms with Gasteiger partial charge in [0.1, 0.15) is 5.70 Å². The first kappa shape index (κ1) is 19.0. The van der Waals surface area contributed by atoms with E-state index in [-0.39, 0.29) is 17.2 Å². The van der Waals surface area contributed by atoms with Gasteiger partial charge in [0.05, 0.1) is 19.8 Å². The van der Waals surface area contributed by atoms with Crippen LogP contribution >= 0.6 is 0 Å². The van der Waals surface area contributed by atoms with Crippen molar-refractivity contribution < 1.29 is 23.9 Å². The molecule has 1 N–H and O–H groups in total. The van der Waals surface area contributed by atoms with Gasteiger partial charge in [-0.05, 0) is 36.8 Å². The smallest absolute Gasteiger partial charge is 0.355 e. The Morgan fingerprint density at radius 2 is 1.73 bits per heavy atom. The number of hydrogen-bond acceptors (Lipinski definition) is 6. The quantitative estimate of drug-likeness (QED) is 0.829. The van der Waals surface area contributed by atoms with Crippen molar-refractivity contribution in [2.75, 3.05) is 26.2 Å². The molecule has 0 fully saturated rings. The SMILES string of the molecule is CNC(=O)c1ccc(C)c(N2C=CC=CC(C(=O)OC)=C2C(=O)OC)c1. The van der Waals surface area contributed by atoms with Crippen LogP contribution < -0.4 is 10.2 Å². The van der Waals surface area contributed by atoms with Crippen molar-refractivity contribution in [1.29, 1.82) is 0 Å². The first-order valence-electron chi connectivity index (χ1n) is 7.82. The molecule has 1 amide bonds. The molecule has 0 aliphatic carbocycles. The number of ether oxygens (including phenoxy) is 2. The summed E-state index contributed by atoms with van der Waals surface area (Å²) in [4.78, 5) is 38.1. The average Bonchev–Trinajstić information content (AvgIpc) is 2.89. The monoisotopic (exact) mass is 356 g/mol. The Labute approximate surface area is 151 Å². The number of hydrogen-bond donors (Lipinski definition) is 1. The van der Waals surface area contributed by atoms with Crippen molar-refractivity contribution in [3.05, 3.63) is 65.0 Å². The lowest BCUT2D eigenvalue weighted by atomic mass is 10.1. The van der Waals surface area contributed by atoms with Crippen LogP contribution in [-0.2, 0) is 19.1 Å². The molecular weight excluding hydrogens is 336 g/mol. The first-order valence-corrected chi connectivity index (χ1v) is 7.82. The standard InChI is InChI=1S/C19H20N2O5/c1-12-8-9-13(17(22)20-2)11-15(12)21-10-6-5-7-14(18(23)25-3)16(21)19(24)26-4/h5-11H,1-4H3,(H,20,22). The Hall–Kier alpha value is -3.35. The van der Waals surface area contributed by atoms with Gasteiger partial charge >= 0.3 is 11.9 Å². The second-order valence-electron chi connectivity index (χ2n) is 5.40. The lowest BCUT2D eigenvalue weighted by molar-refractivity contribution is -0.139. The summed E-state index contributed by atoms with van der Waals surface area (Å²) in [5.41, 5.74) is 1.83. The van der Waals surface area contributed by atoms with E-state index < -0.39 is 11.9 Å². The molecule has 1 heterocycles. The lowest BCUT2D eigenvalue weighted by Gasteiger charge is -2.25. The molecule has 26 heavy (non-hydrogen) atoms. The Morgan fingerprint density at radius 1 is 1.04 bits per heavy atom. The minimum atomic E-state index is -0.702. The van der Waals surface area contributed by atoms with E-state index in [1.54, 1.807) is 36.6 Å². The zero-order valence-corrected chi connectivity index (χ0v) is 15.0. The predicted molar refractivity (Wildman–Crippen MR) is 96.4 cm³/mol. The van der Waals surface area contributed by atoms with Gasteiger partial charge in [-0.3, -0.25) is 4.79 Å². The molecule has 1 aliphatic heterocycles. The van der Waals surface area contributed by atoms with Gasteiger partial charge in [0, 0.05) is 24.5 Å². The first-order chi connectivity index (χ1) is 12.4. The predicted octanol–water partition coefficient (Wildman–Crippen LogP) is 1.84. The molecule has 0 unspecified atom stereocenters. The Balaban J connectivity index is 2.71. The highest BCUT2D eigenvalue weighted by Crippen LogP contribution is 2.29.